The van der Waals surface area contributed by atoms with Crippen LogP contribution in [0.1, 0.15) is 31.2 Å². The van der Waals surface area contributed by atoms with Crippen LogP contribution in [0.4, 0.5) is 5.69 Å². The maximum atomic E-state index is 10.6. The first-order chi connectivity index (χ1) is 9.20. The molecule has 2 rings (SSSR count). The molecule has 0 amide bonds. The fraction of sp³-hybridized carbons (Fsp3) is 0.467. The Morgan fingerprint density at radius 3 is 2.68 bits per heavy atom. The van der Waals surface area contributed by atoms with Gasteiger partial charge in [-0.2, -0.15) is 5.26 Å². The molecule has 1 N–H and O–H groups in total. The first-order valence-corrected chi connectivity index (χ1v) is 6.66. The molecule has 1 aliphatic heterocycles. The van der Waals surface area contributed by atoms with Gasteiger partial charge in [0, 0.05) is 19.5 Å². The van der Waals surface area contributed by atoms with Crippen LogP contribution in [-0.4, -0.2) is 24.2 Å². The second-order valence-electron chi connectivity index (χ2n) is 4.99. The van der Waals surface area contributed by atoms with Crippen molar-refractivity contribution in [3.63, 3.8) is 0 Å². The number of nitriles is 1. The summed E-state index contributed by atoms with van der Waals surface area (Å²) in [5.74, 6) is -0.209. The first kappa shape index (κ1) is 13.4. The minimum absolute atomic E-state index is 0.263. The molecule has 1 aromatic carbocycles. The number of para-hydroxylation sites is 1. The average Bonchev–Trinajstić information content (AvgIpc) is 2.45. The van der Waals surface area contributed by atoms with Gasteiger partial charge in [-0.05, 0) is 37.3 Å². The molecular formula is C15H18N2O2. The van der Waals surface area contributed by atoms with Crippen LogP contribution in [0.15, 0.2) is 24.3 Å². The maximum Gasteiger partial charge on any atom is 0.303 e. The molecule has 4 nitrogen and oxygen atoms in total. The van der Waals surface area contributed by atoms with Crippen LogP contribution in [0.5, 0.6) is 0 Å². The van der Waals surface area contributed by atoms with Gasteiger partial charge in [0.2, 0.25) is 0 Å². The number of benzene rings is 1. The second kappa shape index (κ2) is 6.24. The van der Waals surface area contributed by atoms with Crippen molar-refractivity contribution in [1.82, 2.24) is 0 Å². The summed E-state index contributed by atoms with van der Waals surface area (Å²) >= 11 is 0. The lowest BCUT2D eigenvalue weighted by atomic mass is 9.91. The third-order valence-corrected chi connectivity index (χ3v) is 3.75. The average molecular weight is 258 g/mol. The predicted octanol–water partition coefficient (Wildman–Crippen LogP) is 2.64. The van der Waals surface area contributed by atoms with Crippen LogP contribution in [0.25, 0.3) is 0 Å². The van der Waals surface area contributed by atoms with Crippen LogP contribution in [0.3, 0.4) is 0 Å². The van der Waals surface area contributed by atoms with Crippen LogP contribution >= 0.6 is 0 Å². The number of aliphatic carboxylic acids is 1. The van der Waals surface area contributed by atoms with E-state index in [1.54, 1.807) is 0 Å². The summed E-state index contributed by atoms with van der Waals surface area (Å²) < 4.78 is 0. The van der Waals surface area contributed by atoms with Crippen molar-refractivity contribution in [2.75, 3.05) is 18.0 Å². The molecule has 0 aromatic heterocycles. The lowest BCUT2D eigenvalue weighted by molar-refractivity contribution is -0.137. The topological polar surface area (TPSA) is 64.3 Å². The van der Waals surface area contributed by atoms with E-state index in [1.807, 2.05) is 24.3 Å². The van der Waals surface area contributed by atoms with Gasteiger partial charge in [-0.3, -0.25) is 4.79 Å². The SMILES string of the molecule is N#Cc1ccccc1N1CCC(CCC(=O)O)CC1. The lowest BCUT2D eigenvalue weighted by Crippen LogP contribution is -2.34. The third kappa shape index (κ3) is 3.47. The fourth-order valence-corrected chi connectivity index (χ4v) is 2.63. The van der Waals surface area contributed by atoms with E-state index >= 15 is 0 Å². The van der Waals surface area contributed by atoms with Gasteiger partial charge in [-0.1, -0.05) is 12.1 Å². The molecule has 0 bridgehead atoms. The Morgan fingerprint density at radius 2 is 2.05 bits per heavy atom. The molecule has 1 saturated heterocycles. The highest BCUT2D eigenvalue weighted by Crippen LogP contribution is 2.27. The Morgan fingerprint density at radius 1 is 1.37 bits per heavy atom. The number of carboxylic acids is 1. The fourth-order valence-electron chi connectivity index (χ4n) is 2.63. The van der Waals surface area contributed by atoms with Gasteiger partial charge in [0.1, 0.15) is 6.07 Å². The summed E-state index contributed by atoms with van der Waals surface area (Å²) in [5.41, 5.74) is 1.72. The van der Waals surface area contributed by atoms with Crippen molar-refractivity contribution in [2.24, 2.45) is 5.92 Å². The summed E-state index contributed by atoms with van der Waals surface area (Å²) in [4.78, 5) is 12.8. The van der Waals surface area contributed by atoms with Crippen molar-refractivity contribution in [2.45, 2.75) is 25.7 Å². The summed E-state index contributed by atoms with van der Waals surface area (Å²) in [6.07, 6.45) is 3.04. The Balaban J connectivity index is 1.93. The molecule has 0 radical (unpaired) electrons. The van der Waals surface area contributed by atoms with Gasteiger partial charge in [-0.15, -0.1) is 0 Å². The van der Waals surface area contributed by atoms with E-state index in [-0.39, 0.29) is 6.42 Å². The third-order valence-electron chi connectivity index (χ3n) is 3.75. The highest BCUT2D eigenvalue weighted by Gasteiger charge is 2.21. The Bertz CT molecular complexity index is 485. The van der Waals surface area contributed by atoms with Crippen molar-refractivity contribution in [1.29, 1.82) is 5.26 Å². The summed E-state index contributed by atoms with van der Waals surface area (Å²) in [6, 6.07) is 9.87. The number of hydrogen-bond donors (Lipinski definition) is 1. The molecule has 0 unspecified atom stereocenters. The minimum Gasteiger partial charge on any atom is -0.481 e. The van der Waals surface area contributed by atoms with E-state index in [4.69, 9.17) is 10.4 Å². The van der Waals surface area contributed by atoms with E-state index in [0.29, 0.717) is 11.5 Å². The van der Waals surface area contributed by atoms with Crippen LogP contribution < -0.4 is 4.90 Å². The quantitative estimate of drug-likeness (QED) is 0.901. The van der Waals surface area contributed by atoms with E-state index < -0.39 is 5.97 Å². The molecule has 1 heterocycles. The molecule has 4 heteroatoms. The molecule has 0 aliphatic carbocycles. The van der Waals surface area contributed by atoms with Gasteiger partial charge in [0.25, 0.3) is 0 Å². The largest absolute Gasteiger partial charge is 0.481 e. The van der Waals surface area contributed by atoms with E-state index in [9.17, 15) is 4.79 Å². The van der Waals surface area contributed by atoms with Crippen molar-refractivity contribution in [3.8, 4) is 6.07 Å². The number of carbonyl (C=O) groups is 1. The number of piperidine rings is 1. The smallest absolute Gasteiger partial charge is 0.303 e. The highest BCUT2D eigenvalue weighted by molar-refractivity contribution is 5.66. The molecule has 0 atom stereocenters. The Kier molecular flexibility index (Phi) is 4.40. The van der Waals surface area contributed by atoms with Crippen molar-refractivity contribution < 1.29 is 9.90 Å². The molecule has 1 fully saturated rings. The Hall–Kier alpha value is -2.02. The molecule has 100 valence electrons. The predicted molar refractivity (Wildman–Crippen MR) is 73.0 cm³/mol. The Labute approximate surface area is 113 Å². The van der Waals surface area contributed by atoms with Crippen molar-refractivity contribution >= 4 is 11.7 Å². The van der Waals surface area contributed by atoms with Crippen LogP contribution in [0, 0.1) is 17.2 Å². The van der Waals surface area contributed by atoms with Gasteiger partial charge in [0.15, 0.2) is 0 Å². The van der Waals surface area contributed by atoms with E-state index in [0.717, 1.165) is 38.0 Å². The zero-order chi connectivity index (χ0) is 13.7. The standard InChI is InChI=1S/C15H18N2O2/c16-11-13-3-1-2-4-14(13)17-9-7-12(8-10-17)5-6-15(18)19/h1-4,12H,5-10H2,(H,18,19). The van der Waals surface area contributed by atoms with E-state index in [2.05, 4.69) is 11.0 Å². The lowest BCUT2D eigenvalue weighted by Gasteiger charge is -2.34. The number of carboxylic acid groups (broad SMARTS) is 1. The summed E-state index contributed by atoms with van der Waals surface area (Å²) in [5, 5.41) is 17.8. The normalized spacial score (nSPS) is 16.1. The monoisotopic (exact) mass is 258 g/mol. The van der Waals surface area contributed by atoms with Crippen molar-refractivity contribution in [3.05, 3.63) is 29.8 Å². The van der Waals surface area contributed by atoms with Crippen LogP contribution in [-0.2, 0) is 4.79 Å². The summed E-state index contributed by atoms with van der Waals surface area (Å²) in [6.45, 7) is 1.81. The number of hydrogen-bond acceptors (Lipinski definition) is 3. The maximum absolute atomic E-state index is 10.6. The van der Waals surface area contributed by atoms with Crippen LogP contribution in [0.2, 0.25) is 0 Å². The highest BCUT2D eigenvalue weighted by atomic mass is 16.4. The van der Waals surface area contributed by atoms with Gasteiger partial charge < -0.3 is 10.0 Å². The number of nitrogens with zero attached hydrogens (tertiary/aromatic N) is 2. The van der Waals surface area contributed by atoms with Gasteiger partial charge in [0.05, 0.1) is 11.3 Å². The van der Waals surface area contributed by atoms with Gasteiger partial charge in [-0.25, -0.2) is 0 Å². The summed E-state index contributed by atoms with van der Waals surface area (Å²) in [7, 11) is 0. The molecule has 19 heavy (non-hydrogen) atoms. The number of rotatable bonds is 4. The zero-order valence-corrected chi connectivity index (χ0v) is 10.9. The molecule has 0 saturated carbocycles. The minimum atomic E-state index is -0.711. The first-order valence-electron chi connectivity index (χ1n) is 6.66. The molecule has 0 spiro atoms. The molecule has 1 aliphatic rings. The molecule has 1 aromatic rings. The van der Waals surface area contributed by atoms with E-state index in [1.165, 1.54) is 0 Å². The van der Waals surface area contributed by atoms with Gasteiger partial charge >= 0.3 is 5.97 Å². The molecular weight excluding hydrogens is 240 g/mol. The second-order valence-corrected chi connectivity index (χ2v) is 4.99. The number of anilines is 1. The zero-order valence-electron chi connectivity index (χ0n) is 10.9.